The second kappa shape index (κ2) is 6.83. The highest BCUT2D eigenvalue weighted by Crippen LogP contribution is 2.28. The van der Waals surface area contributed by atoms with Gasteiger partial charge < -0.3 is 18.9 Å². The van der Waals surface area contributed by atoms with Crippen molar-refractivity contribution < 1.29 is 9.59 Å². The molecule has 0 saturated carbocycles. The van der Waals surface area contributed by atoms with E-state index in [1.54, 1.807) is 12.4 Å². The first-order valence-corrected chi connectivity index (χ1v) is 9.51. The van der Waals surface area contributed by atoms with Gasteiger partial charge in [0.05, 0.1) is 13.1 Å². The minimum Gasteiger partial charge on any atom is -0.333 e. The number of fused-ring (bicyclic) bond motifs is 2. The van der Waals surface area contributed by atoms with Crippen LogP contribution in [0.1, 0.15) is 38.3 Å². The molecule has 4 rings (SSSR count). The second-order valence-electron chi connectivity index (χ2n) is 8.00. The summed E-state index contributed by atoms with van der Waals surface area (Å²) in [7, 11) is 0. The molecule has 2 aliphatic heterocycles. The third-order valence-electron chi connectivity index (χ3n) is 5.67. The molecule has 2 aliphatic rings. The zero-order valence-corrected chi connectivity index (χ0v) is 16.0. The lowest BCUT2D eigenvalue weighted by Crippen LogP contribution is -2.45. The van der Waals surface area contributed by atoms with E-state index in [1.165, 1.54) is 0 Å². The highest BCUT2D eigenvalue weighted by atomic mass is 16.2. The van der Waals surface area contributed by atoms with Gasteiger partial charge in [0, 0.05) is 62.8 Å². The number of carbonyl (C=O) groups is 2. The summed E-state index contributed by atoms with van der Waals surface area (Å²) < 4.78 is 4.16. The molecule has 0 aliphatic carbocycles. The zero-order valence-electron chi connectivity index (χ0n) is 16.0. The molecular formula is C19H26N6O2. The first-order valence-electron chi connectivity index (χ1n) is 9.51. The van der Waals surface area contributed by atoms with Crippen molar-refractivity contribution in [3.63, 3.8) is 0 Å². The summed E-state index contributed by atoms with van der Waals surface area (Å²) in [6, 6.07) is 0. The maximum absolute atomic E-state index is 13.0. The molecule has 0 spiro atoms. The van der Waals surface area contributed by atoms with Crippen molar-refractivity contribution in [3.05, 3.63) is 36.4 Å². The molecule has 0 atom stereocenters. The van der Waals surface area contributed by atoms with E-state index in [1.807, 2.05) is 36.0 Å². The Labute approximate surface area is 158 Å². The third kappa shape index (κ3) is 3.48. The van der Waals surface area contributed by atoms with Gasteiger partial charge in [0.2, 0.25) is 11.8 Å². The summed E-state index contributed by atoms with van der Waals surface area (Å²) in [5.41, 5.74) is -0.571. The number of hydrogen-bond acceptors (Lipinski definition) is 4. The highest BCUT2D eigenvalue weighted by Gasteiger charge is 2.35. The van der Waals surface area contributed by atoms with Gasteiger partial charge in [-0.2, -0.15) is 0 Å². The molecule has 0 unspecified atom stereocenters. The van der Waals surface area contributed by atoms with Crippen LogP contribution in [0.5, 0.6) is 0 Å². The monoisotopic (exact) mass is 370 g/mol. The Hall–Kier alpha value is -2.64. The van der Waals surface area contributed by atoms with Crippen LogP contribution < -0.4 is 0 Å². The van der Waals surface area contributed by atoms with Crippen LogP contribution >= 0.6 is 0 Å². The van der Waals surface area contributed by atoms with Gasteiger partial charge in [0.1, 0.15) is 11.6 Å². The van der Waals surface area contributed by atoms with E-state index in [-0.39, 0.29) is 11.8 Å². The van der Waals surface area contributed by atoms with Crippen LogP contribution in [0.2, 0.25) is 0 Å². The molecule has 4 heterocycles. The second-order valence-corrected chi connectivity index (χ2v) is 8.00. The molecule has 0 bridgehead atoms. The highest BCUT2D eigenvalue weighted by molar-refractivity contribution is 5.83. The molecule has 8 nitrogen and oxygen atoms in total. The van der Waals surface area contributed by atoms with E-state index >= 15 is 0 Å². The molecule has 0 radical (unpaired) electrons. The topological polar surface area (TPSA) is 76.3 Å². The Bertz CT molecular complexity index is 852. The van der Waals surface area contributed by atoms with E-state index in [0.29, 0.717) is 39.0 Å². The van der Waals surface area contributed by atoms with Gasteiger partial charge >= 0.3 is 0 Å². The largest absolute Gasteiger partial charge is 0.333 e. The lowest BCUT2D eigenvalue weighted by molar-refractivity contribution is -0.143. The molecule has 144 valence electrons. The van der Waals surface area contributed by atoms with Crippen molar-refractivity contribution in [2.75, 3.05) is 13.1 Å². The quantitative estimate of drug-likeness (QED) is 0.812. The van der Waals surface area contributed by atoms with Crippen molar-refractivity contribution in [2.24, 2.45) is 5.41 Å². The summed E-state index contributed by atoms with van der Waals surface area (Å²) in [4.78, 5) is 38.0. The summed E-state index contributed by atoms with van der Waals surface area (Å²) in [6.45, 7) is 7.91. The predicted molar refractivity (Wildman–Crippen MR) is 98.3 cm³/mol. The van der Waals surface area contributed by atoms with E-state index in [2.05, 4.69) is 19.1 Å². The number of rotatable bonds is 4. The number of imidazole rings is 2. The van der Waals surface area contributed by atoms with Crippen molar-refractivity contribution in [3.8, 4) is 0 Å². The van der Waals surface area contributed by atoms with Gasteiger partial charge in [-0.05, 0) is 6.42 Å². The van der Waals surface area contributed by atoms with Crippen LogP contribution in [0.3, 0.4) is 0 Å². The minimum absolute atomic E-state index is 0.0961. The van der Waals surface area contributed by atoms with Gasteiger partial charge in [0.25, 0.3) is 0 Å². The van der Waals surface area contributed by atoms with Gasteiger partial charge in [0.15, 0.2) is 0 Å². The normalized spacial score (nSPS) is 16.8. The van der Waals surface area contributed by atoms with Gasteiger partial charge in [-0.1, -0.05) is 13.8 Å². The molecule has 8 heteroatoms. The Kier molecular flexibility index (Phi) is 4.49. The molecule has 2 aromatic heterocycles. The smallest absolute Gasteiger partial charge is 0.228 e. The number of amides is 2. The maximum Gasteiger partial charge on any atom is 0.228 e. The van der Waals surface area contributed by atoms with Crippen LogP contribution in [0.4, 0.5) is 0 Å². The molecular weight excluding hydrogens is 344 g/mol. The Morgan fingerprint density at radius 2 is 1.48 bits per heavy atom. The van der Waals surface area contributed by atoms with E-state index in [9.17, 15) is 9.59 Å². The zero-order chi connectivity index (χ0) is 19.0. The third-order valence-corrected chi connectivity index (χ3v) is 5.67. The summed E-state index contributed by atoms with van der Waals surface area (Å²) in [5.74, 6) is 2.04. The van der Waals surface area contributed by atoms with E-state index in [0.717, 1.165) is 24.7 Å². The summed E-state index contributed by atoms with van der Waals surface area (Å²) in [5, 5.41) is 0. The number of carbonyl (C=O) groups excluding carboxylic acids is 2. The molecule has 0 fully saturated rings. The molecule has 2 aromatic rings. The minimum atomic E-state index is -0.571. The van der Waals surface area contributed by atoms with Gasteiger partial charge in [-0.25, -0.2) is 9.97 Å². The Morgan fingerprint density at radius 3 is 2.11 bits per heavy atom. The number of hydrogen-bond donors (Lipinski definition) is 0. The standard InChI is InChI=1S/C19H26N6O2/c1-19(2,18(27)25-12-10-23-8-6-21-16(23)14-25)4-3-17(26)24-11-9-22-7-5-20-15(22)13-24/h5-8H,3-4,9-14H2,1-2H3. The fourth-order valence-corrected chi connectivity index (χ4v) is 3.85. The molecule has 0 saturated heterocycles. The van der Waals surface area contributed by atoms with Crippen LogP contribution in [-0.4, -0.2) is 53.8 Å². The average molecular weight is 370 g/mol. The lowest BCUT2D eigenvalue weighted by atomic mass is 9.85. The first-order chi connectivity index (χ1) is 12.9. The Morgan fingerprint density at radius 1 is 0.926 bits per heavy atom. The number of nitrogens with zero attached hydrogens (tertiary/aromatic N) is 6. The SMILES string of the molecule is CC(C)(CCC(=O)N1CCn2ccnc2C1)C(=O)N1CCn2ccnc2C1. The predicted octanol–water partition coefficient (Wildman–Crippen LogP) is 1.27. The Balaban J connectivity index is 1.33. The van der Waals surface area contributed by atoms with Crippen LogP contribution in [0.25, 0.3) is 0 Å². The van der Waals surface area contributed by atoms with E-state index < -0.39 is 5.41 Å². The first kappa shape index (κ1) is 17.8. The van der Waals surface area contributed by atoms with Crippen molar-refractivity contribution in [1.29, 1.82) is 0 Å². The van der Waals surface area contributed by atoms with Crippen LogP contribution in [-0.2, 0) is 35.8 Å². The fourth-order valence-electron chi connectivity index (χ4n) is 3.85. The van der Waals surface area contributed by atoms with Crippen LogP contribution in [0, 0.1) is 5.41 Å². The van der Waals surface area contributed by atoms with Crippen molar-refractivity contribution in [2.45, 2.75) is 52.9 Å². The van der Waals surface area contributed by atoms with Crippen LogP contribution in [0.15, 0.2) is 24.8 Å². The molecule has 27 heavy (non-hydrogen) atoms. The van der Waals surface area contributed by atoms with Crippen molar-refractivity contribution >= 4 is 11.8 Å². The fraction of sp³-hybridized carbons (Fsp3) is 0.579. The van der Waals surface area contributed by atoms with Gasteiger partial charge in [-0.15, -0.1) is 0 Å². The maximum atomic E-state index is 13.0. The number of aromatic nitrogens is 4. The van der Waals surface area contributed by atoms with E-state index in [4.69, 9.17) is 0 Å². The van der Waals surface area contributed by atoms with Gasteiger partial charge in [-0.3, -0.25) is 9.59 Å². The lowest BCUT2D eigenvalue weighted by Gasteiger charge is -2.35. The van der Waals surface area contributed by atoms with Crippen molar-refractivity contribution in [1.82, 2.24) is 28.9 Å². The molecule has 0 N–H and O–H groups in total. The molecule has 2 amide bonds. The molecule has 0 aromatic carbocycles. The summed E-state index contributed by atoms with van der Waals surface area (Å²) in [6.07, 6.45) is 8.36. The average Bonchev–Trinajstić information content (AvgIpc) is 3.33. The summed E-state index contributed by atoms with van der Waals surface area (Å²) >= 11 is 0.